The SMILES string of the molecule is CCCCSC1CCc2c(ccc(C)c2F)C1. The molecule has 2 heteroatoms. The van der Waals surface area contributed by atoms with Crippen LogP contribution in [0.15, 0.2) is 12.1 Å². The number of unbranched alkanes of at least 4 members (excludes halogenated alkanes) is 1. The zero-order valence-electron chi connectivity index (χ0n) is 10.8. The molecule has 0 amide bonds. The van der Waals surface area contributed by atoms with Crippen molar-refractivity contribution in [1.29, 1.82) is 0 Å². The second-order valence-corrected chi connectivity index (χ2v) is 6.33. The topological polar surface area (TPSA) is 0 Å². The molecule has 1 aromatic carbocycles. The molecule has 0 fully saturated rings. The van der Waals surface area contributed by atoms with Gasteiger partial charge in [0, 0.05) is 5.25 Å². The molecule has 0 saturated heterocycles. The molecule has 0 saturated carbocycles. The Morgan fingerprint density at radius 3 is 3.00 bits per heavy atom. The molecule has 0 aliphatic heterocycles. The molecule has 0 radical (unpaired) electrons. The first-order chi connectivity index (χ1) is 8.22. The summed E-state index contributed by atoms with van der Waals surface area (Å²) in [7, 11) is 0. The Morgan fingerprint density at radius 1 is 1.41 bits per heavy atom. The van der Waals surface area contributed by atoms with E-state index in [1.165, 1.54) is 24.2 Å². The van der Waals surface area contributed by atoms with E-state index in [0.717, 1.165) is 30.4 Å². The largest absolute Gasteiger partial charge is 0.206 e. The van der Waals surface area contributed by atoms with Crippen LogP contribution in [0, 0.1) is 12.7 Å². The minimum Gasteiger partial charge on any atom is -0.206 e. The van der Waals surface area contributed by atoms with Gasteiger partial charge >= 0.3 is 0 Å². The molecule has 0 nitrogen and oxygen atoms in total. The summed E-state index contributed by atoms with van der Waals surface area (Å²) >= 11 is 2.07. The maximum absolute atomic E-state index is 13.9. The van der Waals surface area contributed by atoms with Crippen molar-refractivity contribution in [3.05, 3.63) is 34.6 Å². The summed E-state index contributed by atoms with van der Waals surface area (Å²) in [4.78, 5) is 0. The highest BCUT2D eigenvalue weighted by Gasteiger charge is 2.21. The Balaban J connectivity index is 2.02. The molecule has 1 atom stereocenters. The summed E-state index contributed by atoms with van der Waals surface area (Å²) in [5.74, 6) is 1.30. The smallest absolute Gasteiger partial charge is 0.129 e. The van der Waals surface area contributed by atoms with Crippen molar-refractivity contribution < 1.29 is 4.39 Å². The molecule has 0 spiro atoms. The first-order valence-electron chi connectivity index (χ1n) is 6.60. The molecule has 2 rings (SSSR count). The van der Waals surface area contributed by atoms with Gasteiger partial charge in [-0.1, -0.05) is 25.5 Å². The van der Waals surface area contributed by atoms with E-state index in [-0.39, 0.29) is 5.82 Å². The number of benzene rings is 1. The van der Waals surface area contributed by atoms with E-state index in [2.05, 4.69) is 24.8 Å². The van der Waals surface area contributed by atoms with Gasteiger partial charge in [-0.3, -0.25) is 0 Å². The minimum absolute atomic E-state index is 0.0412. The standard InChI is InChI=1S/C15H21FS/c1-3-4-9-17-13-7-8-14-12(10-13)6-5-11(2)15(14)16/h5-6,13H,3-4,7-10H2,1-2H3. The van der Waals surface area contributed by atoms with Crippen molar-refractivity contribution in [2.45, 2.75) is 51.2 Å². The van der Waals surface area contributed by atoms with Crippen LogP contribution in [0.25, 0.3) is 0 Å². The van der Waals surface area contributed by atoms with Gasteiger partial charge in [0.15, 0.2) is 0 Å². The molecule has 0 bridgehead atoms. The average molecular weight is 252 g/mol. The fraction of sp³-hybridized carbons (Fsp3) is 0.600. The number of thioether (sulfide) groups is 1. The highest BCUT2D eigenvalue weighted by molar-refractivity contribution is 7.99. The second-order valence-electron chi connectivity index (χ2n) is 4.92. The summed E-state index contributed by atoms with van der Waals surface area (Å²) in [5, 5.41) is 0.705. The van der Waals surface area contributed by atoms with Crippen LogP contribution >= 0.6 is 11.8 Å². The molecule has 0 heterocycles. The quantitative estimate of drug-likeness (QED) is 0.710. The summed E-state index contributed by atoms with van der Waals surface area (Å²) < 4.78 is 13.9. The van der Waals surface area contributed by atoms with Gasteiger partial charge in [-0.2, -0.15) is 11.8 Å². The van der Waals surface area contributed by atoms with E-state index in [0.29, 0.717) is 5.25 Å². The third-order valence-electron chi connectivity index (χ3n) is 3.55. The number of aryl methyl sites for hydroxylation is 1. The Bertz CT molecular complexity index is 387. The van der Waals surface area contributed by atoms with Gasteiger partial charge in [0.1, 0.15) is 5.82 Å². The summed E-state index contributed by atoms with van der Waals surface area (Å²) in [6.45, 7) is 4.09. The third kappa shape index (κ3) is 3.04. The highest BCUT2D eigenvalue weighted by Crippen LogP contribution is 2.31. The molecular formula is C15H21FS. The lowest BCUT2D eigenvalue weighted by Gasteiger charge is -2.25. The van der Waals surface area contributed by atoms with Crippen LogP contribution in [-0.4, -0.2) is 11.0 Å². The van der Waals surface area contributed by atoms with Crippen molar-refractivity contribution >= 4 is 11.8 Å². The number of hydrogen-bond acceptors (Lipinski definition) is 1. The number of hydrogen-bond donors (Lipinski definition) is 0. The zero-order valence-corrected chi connectivity index (χ0v) is 11.6. The van der Waals surface area contributed by atoms with Crippen molar-refractivity contribution in [3.63, 3.8) is 0 Å². The van der Waals surface area contributed by atoms with Gasteiger partial charge in [0.2, 0.25) is 0 Å². The Kier molecular flexibility index (Phi) is 4.49. The number of halogens is 1. The Morgan fingerprint density at radius 2 is 2.24 bits per heavy atom. The fourth-order valence-corrected chi connectivity index (χ4v) is 3.80. The van der Waals surface area contributed by atoms with E-state index in [1.54, 1.807) is 0 Å². The first kappa shape index (κ1) is 12.9. The van der Waals surface area contributed by atoms with Crippen LogP contribution in [0.4, 0.5) is 4.39 Å². The maximum atomic E-state index is 13.9. The lowest BCUT2D eigenvalue weighted by molar-refractivity contribution is 0.575. The van der Waals surface area contributed by atoms with E-state index in [9.17, 15) is 4.39 Å². The van der Waals surface area contributed by atoms with Crippen molar-refractivity contribution in [2.24, 2.45) is 0 Å². The van der Waals surface area contributed by atoms with Gasteiger partial charge in [0.25, 0.3) is 0 Å². The number of fused-ring (bicyclic) bond motifs is 1. The van der Waals surface area contributed by atoms with E-state index in [1.807, 2.05) is 13.0 Å². The third-order valence-corrected chi connectivity index (χ3v) is 4.95. The predicted molar refractivity (Wildman–Crippen MR) is 74.3 cm³/mol. The van der Waals surface area contributed by atoms with Crippen LogP contribution in [0.3, 0.4) is 0 Å². The summed E-state index contributed by atoms with van der Waals surface area (Å²) in [6.07, 6.45) is 5.69. The molecule has 17 heavy (non-hydrogen) atoms. The molecule has 1 aliphatic rings. The Labute approximate surface area is 108 Å². The van der Waals surface area contributed by atoms with Crippen molar-refractivity contribution in [3.8, 4) is 0 Å². The van der Waals surface area contributed by atoms with Crippen LogP contribution in [0.2, 0.25) is 0 Å². The van der Waals surface area contributed by atoms with Crippen LogP contribution in [-0.2, 0) is 12.8 Å². The van der Waals surface area contributed by atoms with Crippen LogP contribution < -0.4 is 0 Å². The van der Waals surface area contributed by atoms with Crippen molar-refractivity contribution in [1.82, 2.24) is 0 Å². The van der Waals surface area contributed by atoms with Gasteiger partial charge < -0.3 is 0 Å². The summed E-state index contributed by atoms with van der Waals surface area (Å²) in [5.41, 5.74) is 3.02. The van der Waals surface area contributed by atoms with Gasteiger partial charge in [0.05, 0.1) is 0 Å². The molecule has 1 aromatic rings. The van der Waals surface area contributed by atoms with Gasteiger partial charge in [-0.05, 0) is 55.1 Å². The lowest BCUT2D eigenvalue weighted by atomic mass is 9.89. The number of rotatable bonds is 4. The molecule has 94 valence electrons. The molecule has 1 unspecified atom stereocenters. The predicted octanol–water partition coefficient (Wildman–Crippen LogP) is 4.52. The van der Waals surface area contributed by atoms with Crippen molar-refractivity contribution in [2.75, 3.05) is 5.75 Å². The minimum atomic E-state index is 0.0412. The monoisotopic (exact) mass is 252 g/mol. The normalized spacial score (nSPS) is 19.1. The fourth-order valence-electron chi connectivity index (χ4n) is 2.43. The molecule has 0 N–H and O–H groups in total. The molecule has 1 aliphatic carbocycles. The van der Waals surface area contributed by atoms with E-state index < -0.39 is 0 Å². The summed E-state index contributed by atoms with van der Waals surface area (Å²) in [6, 6.07) is 4.05. The second kappa shape index (κ2) is 5.90. The molecular weight excluding hydrogens is 231 g/mol. The zero-order chi connectivity index (χ0) is 12.3. The average Bonchev–Trinajstić information content (AvgIpc) is 2.34. The molecule has 0 aromatic heterocycles. The van der Waals surface area contributed by atoms with E-state index in [4.69, 9.17) is 0 Å². The van der Waals surface area contributed by atoms with E-state index >= 15 is 0 Å². The van der Waals surface area contributed by atoms with Crippen LogP contribution in [0.1, 0.15) is 42.9 Å². The lowest BCUT2D eigenvalue weighted by Crippen LogP contribution is -2.18. The first-order valence-corrected chi connectivity index (χ1v) is 7.65. The Hall–Kier alpha value is -0.500. The highest BCUT2D eigenvalue weighted by atomic mass is 32.2. The van der Waals surface area contributed by atoms with Gasteiger partial charge in [-0.25, -0.2) is 4.39 Å². The van der Waals surface area contributed by atoms with Gasteiger partial charge in [-0.15, -0.1) is 0 Å². The van der Waals surface area contributed by atoms with Crippen LogP contribution in [0.5, 0.6) is 0 Å². The maximum Gasteiger partial charge on any atom is 0.129 e.